The second kappa shape index (κ2) is 4.75. The summed E-state index contributed by atoms with van der Waals surface area (Å²) in [6.45, 7) is 2.94. The van der Waals surface area contributed by atoms with Gasteiger partial charge in [-0.05, 0) is 19.8 Å². The Kier molecular flexibility index (Phi) is 3.89. The van der Waals surface area contributed by atoms with E-state index in [9.17, 15) is 4.79 Å². The summed E-state index contributed by atoms with van der Waals surface area (Å²) in [6, 6.07) is 0. The molecule has 1 amide bonds. The SMILES string of the molecule is CCN(CCO)C(=O)C1(N)CCCC1. The number of amides is 1. The Morgan fingerprint density at radius 2 is 2.07 bits per heavy atom. The van der Waals surface area contributed by atoms with Gasteiger partial charge in [0.05, 0.1) is 12.1 Å². The van der Waals surface area contributed by atoms with Crippen LogP contribution in [0, 0.1) is 0 Å². The van der Waals surface area contributed by atoms with Crippen LogP contribution in [-0.2, 0) is 4.79 Å². The smallest absolute Gasteiger partial charge is 0.242 e. The molecule has 1 aliphatic rings. The molecule has 4 heteroatoms. The molecular formula is C10H20N2O2. The van der Waals surface area contributed by atoms with Crippen molar-refractivity contribution in [2.24, 2.45) is 5.73 Å². The maximum absolute atomic E-state index is 12.0. The lowest BCUT2D eigenvalue weighted by Crippen LogP contribution is -2.54. The van der Waals surface area contributed by atoms with Gasteiger partial charge in [-0.3, -0.25) is 4.79 Å². The largest absolute Gasteiger partial charge is 0.395 e. The van der Waals surface area contributed by atoms with Gasteiger partial charge in [0.1, 0.15) is 0 Å². The number of carbonyl (C=O) groups is 1. The molecule has 0 saturated heterocycles. The average molecular weight is 200 g/mol. The molecule has 1 rings (SSSR count). The van der Waals surface area contributed by atoms with Crippen molar-refractivity contribution in [2.75, 3.05) is 19.7 Å². The summed E-state index contributed by atoms with van der Waals surface area (Å²) in [5.74, 6) is 0.00606. The highest BCUT2D eigenvalue weighted by atomic mass is 16.3. The molecule has 82 valence electrons. The molecule has 14 heavy (non-hydrogen) atoms. The summed E-state index contributed by atoms with van der Waals surface area (Å²) in [7, 11) is 0. The number of hydrogen-bond donors (Lipinski definition) is 2. The lowest BCUT2D eigenvalue weighted by atomic mass is 9.97. The monoisotopic (exact) mass is 200 g/mol. The third-order valence-electron chi connectivity index (χ3n) is 2.96. The Morgan fingerprint density at radius 1 is 1.50 bits per heavy atom. The van der Waals surface area contributed by atoms with Crippen LogP contribution < -0.4 is 5.73 Å². The molecule has 0 spiro atoms. The van der Waals surface area contributed by atoms with Crippen LogP contribution >= 0.6 is 0 Å². The van der Waals surface area contributed by atoms with Crippen LogP contribution in [0.25, 0.3) is 0 Å². The number of carbonyl (C=O) groups excluding carboxylic acids is 1. The highest BCUT2D eigenvalue weighted by molar-refractivity contribution is 5.86. The third-order valence-corrected chi connectivity index (χ3v) is 2.96. The van der Waals surface area contributed by atoms with Crippen molar-refractivity contribution in [1.82, 2.24) is 4.90 Å². The first kappa shape index (κ1) is 11.5. The fraction of sp³-hybridized carbons (Fsp3) is 0.900. The fourth-order valence-corrected chi connectivity index (χ4v) is 2.06. The lowest BCUT2D eigenvalue weighted by Gasteiger charge is -2.30. The van der Waals surface area contributed by atoms with Crippen LogP contribution in [0.15, 0.2) is 0 Å². The topological polar surface area (TPSA) is 66.6 Å². The van der Waals surface area contributed by atoms with E-state index in [4.69, 9.17) is 10.8 Å². The predicted octanol–water partition coefficient (Wildman–Crippen LogP) is 0.0987. The van der Waals surface area contributed by atoms with Crippen molar-refractivity contribution in [3.05, 3.63) is 0 Å². The average Bonchev–Trinajstić information content (AvgIpc) is 2.62. The Bertz CT molecular complexity index is 200. The molecule has 0 atom stereocenters. The standard InChI is InChI=1S/C10H20N2O2/c1-2-12(7-8-13)9(14)10(11)5-3-4-6-10/h13H,2-8,11H2,1H3. The van der Waals surface area contributed by atoms with Crippen LogP contribution in [0.1, 0.15) is 32.6 Å². The Labute approximate surface area is 85.1 Å². The first-order chi connectivity index (χ1) is 6.64. The van der Waals surface area contributed by atoms with E-state index in [0.29, 0.717) is 13.1 Å². The van der Waals surface area contributed by atoms with Gasteiger partial charge >= 0.3 is 0 Å². The number of nitrogens with zero attached hydrogens (tertiary/aromatic N) is 1. The number of hydrogen-bond acceptors (Lipinski definition) is 3. The van der Waals surface area contributed by atoms with Crippen LogP contribution in [0.3, 0.4) is 0 Å². The van der Waals surface area contributed by atoms with Crippen LogP contribution in [-0.4, -0.2) is 41.1 Å². The highest BCUT2D eigenvalue weighted by Crippen LogP contribution is 2.28. The van der Waals surface area contributed by atoms with Crippen LogP contribution in [0.2, 0.25) is 0 Å². The Hall–Kier alpha value is -0.610. The second-order valence-electron chi connectivity index (χ2n) is 3.97. The van der Waals surface area contributed by atoms with Crippen molar-refractivity contribution >= 4 is 5.91 Å². The molecule has 0 bridgehead atoms. The molecule has 1 aliphatic carbocycles. The molecule has 0 aromatic rings. The van der Waals surface area contributed by atoms with E-state index in [2.05, 4.69) is 0 Å². The van der Waals surface area contributed by atoms with Crippen molar-refractivity contribution in [2.45, 2.75) is 38.1 Å². The zero-order valence-electron chi connectivity index (χ0n) is 8.83. The summed E-state index contributed by atoms with van der Waals surface area (Å²) in [5.41, 5.74) is 5.39. The van der Waals surface area contributed by atoms with Crippen molar-refractivity contribution in [3.8, 4) is 0 Å². The molecule has 0 aliphatic heterocycles. The zero-order chi connectivity index (χ0) is 10.6. The van der Waals surface area contributed by atoms with Gasteiger partial charge in [0, 0.05) is 13.1 Å². The van der Waals surface area contributed by atoms with Crippen LogP contribution in [0.4, 0.5) is 0 Å². The summed E-state index contributed by atoms with van der Waals surface area (Å²) in [5, 5.41) is 8.81. The van der Waals surface area contributed by atoms with Gasteiger partial charge in [-0.1, -0.05) is 12.8 Å². The minimum Gasteiger partial charge on any atom is -0.395 e. The Morgan fingerprint density at radius 3 is 2.50 bits per heavy atom. The van der Waals surface area contributed by atoms with Gasteiger partial charge in [0.2, 0.25) is 5.91 Å². The first-order valence-electron chi connectivity index (χ1n) is 5.33. The van der Waals surface area contributed by atoms with Gasteiger partial charge in [-0.15, -0.1) is 0 Å². The lowest BCUT2D eigenvalue weighted by molar-refractivity contribution is -0.137. The van der Waals surface area contributed by atoms with E-state index in [0.717, 1.165) is 25.7 Å². The number of nitrogens with two attached hydrogens (primary N) is 1. The van der Waals surface area contributed by atoms with E-state index in [1.807, 2.05) is 6.92 Å². The fourth-order valence-electron chi connectivity index (χ4n) is 2.06. The molecule has 0 heterocycles. The highest BCUT2D eigenvalue weighted by Gasteiger charge is 2.39. The summed E-state index contributed by atoms with van der Waals surface area (Å²) >= 11 is 0. The predicted molar refractivity (Wildman–Crippen MR) is 54.7 cm³/mol. The van der Waals surface area contributed by atoms with Gasteiger partial charge < -0.3 is 15.7 Å². The van der Waals surface area contributed by atoms with Gasteiger partial charge in [-0.2, -0.15) is 0 Å². The summed E-state index contributed by atoms with van der Waals surface area (Å²) in [4.78, 5) is 13.6. The van der Waals surface area contributed by atoms with Crippen molar-refractivity contribution in [1.29, 1.82) is 0 Å². The van der Waals surface area contributed by atoms with Crippen molar-refractivity contribution < 1.29 is 9.90 Å². The quantitative estimate of drug-likeness (QED) is 0.676. The van der Waals surface area contributed by atoms with Crippen molar-refractivity contribution in [3.63, 3.8) is 0 Å². The number of aliphatic hydroxyl groups excluding tert-OH is 1. The normalized spacial score (nSPS) is 19.6. The maximum Gasteiger partial charge on any atom is 0.242 e. The molecule has 1 fully saturated rings. The first-order valence-corrected chi connectivity index (χ1v) is 5.33. The Balaban J connectivity index is 2.61. The van der Waals surface area contributed by atoms with Gasteiger partial charge in [0.25, 0.3) is 0 Å². The van der Waals surface area contributed by atoms with E-state index < -0.39 is 5.54 Å². The number of likely N-dealkylation sites (N-methyl/N-ethyl adjacent to an activating group) is 1. The molecule has 3 N–H and O–H groups in total. The number of aliphatic hydroxyl groups is 1. The van der Waals surface area contributed by atoms with E-state index >= 15 is 0 Å². The minimum atomic E-state index is -0.648. The molecule has 0 radical (unpaired) electrons. The molecule has 1 saturated carbocycles. The minimum absolute atomic E-state index is 0.00606. The summed E-state index contributed by atoms with van der Waals surface area (Å²) < 4.78 is 0. The number of rotatable bonds is 4. The third kappa shape index (κ3) is 2.25. The molecule has 0 aromatic heterocycles. The summed E-state index contributed by atoms with van der Waals surface area (Å²) in [6.07, 6.45) is 3.65. The second-order valence-corrected chi connectivity index (χ2v) is 3.97. The van der Waals surface area contributed by atoms with E-state index in [-0.39, 0.29) is 12.5 Å². The van der Waals surface area contributed by atoms with Gasteiger partial charge in [-0.25, -0.2) is 0 Å². The molecule has 0 aromatic carbocycles. The van der Waals surface area contributed by atoms with Crippen LogP contribution in [0.5, 0.6) is 0 Å². The molecular weight excluding hydrogens is 180 g/mol. The van der Waals surface area contributed by atoms with E-state index in [1.54, 1.807) is 4.90 Å². The molecule has 0 unspecified atom stereocenters. The zero-order valence-corrected chi connectivity index (χ0v) is 8.83. The maximum atomic E-state index is 12.0. The van der Waals surface area contributed by atoms with E-state index in [1.165, 1.54) is 0 Å². The van der Waals surface area contributed by atoms with Gasteiger partial charge in [0.15, 0.2) is 0 Å². The molecule has 4 nitrogen and oxygen atoms in total.